The van der Waals surface area contributed by atoms with E-state index in [1.165, 1.54) is 0 Å². The van der Waals surface area contributed by atoms with Gasteiger partial charge in [-0.25, -0.2) is 4.79 Å². The second-order valence-corrected chi connectivity index (χ2v) is 5.56. The molecule has 1 heterocycles. The minimum absolute atomic E-state index is 0.0511. The fourth-order valence-corrected chi connectivity index (χ4v) is 2.49. The van der Waals surface area contributed by atoms with Gasteiger partial charge in [-0.1, -0.05) is 12.1 Å². The van der Waals surface area contributed by atoms with E-state index in [9.17, 15) is 4.79 Å². The van der Waals surface area contributed by atoms with Gasteiger partial charge in [-0.15, -0.1) is 0 Å². The Morgan fingerprint density at radius 2 is 2.10 bits per heavy atom. The van der Waals surface area contributed by atoms with Crippen LogP contribution in [0, 0.1) is 6.92 Å². The van der Waals surface area contributed by atoms with E-state index in [1.807, 2.05) is 45.0 Å². The van der Waals surface area contributed by atoms with Crippen LogP contribution in [-0.4, -0.2) is 49.4 Å². The Kier molecular flexibility index (Phi) is 5.44. The zero-order valence-electron chi connectivity index (χ0n) is 13.0. The zero-order chi connectivity index (χ0) is 15.2. The summed E-state index contributed by atoms with van der Waals surface area (Å²) in [5.74, 6) is 0.831. The van der Waals surface area contributed by atoms with Crippen molar-refractivity contribution in [1.82, 2.24) is 10.2 Å². The molecule has 0 aliphatic carbocycles. The van der Waals surface area contributed by atoms with Crippen LogP contribution in [0.2, 0.25) is 0 Å². The van der Waals surface area contributed by atoms with E-state index in [2.05, 4.69) is 5.32 Å². The molecule has 0 saturated carbocycles. The van der Waals surface area contributed by atoms with Gasteiger partial charge in [0, 0.05) is 13.1 Å². The van der Waals surface area contributed by atoms with E-state index in [4.69, 9.17) is 9.47 Å². The second kappa shape index (κ2) is 7.31. The van der Waals surface area contributed by atoms with Gasteiger partial charge in [0.1, 0.15) is 12.4 Å². The Morgan fingerprint density at radius 3 is 2.76 bits per heavy atom. The molecule has 5 heteroatoms. The van der Waals surface area contributed by atoms with E-state index < -0.39 is 0 Å². The number of nitrogens with one attached hydrogen (secondary N) is 1. The first-order valence-corrected chi connectivity index (χ1v) is 7.42. The number of carbonyl (C=O) groups excluding carboxylic acids is 1. The monoisotopic (exact) mass is 292 g/mol. The van der Waals surface area contributed by atoms with Crippen LogP contribution in [0.25, 0.3) is 0 Å². The maximum atomic E-state index is 12.1. The average Bonchev–Trinajstić information content (AvgIpc) is 2.42. The Bertz CT molecular complexity index is 468. The minimum atomic E-state index is -0.0511. The van der Waals surface area contributed by atoms with Crippen LogP contribution in [0.5, 0.6) is 5.75 Å². The molecule has 1 aromatic rings. The number of amides is 2. The van der Waals surface area contributed by atoms with Gasteiger partial charge in [0.05, 0.1) is 18.8 Å². The van der Waals surface area contributed by atoms with Crippen molar-refractivity contribution < 1.29 is 14.3 Å². The maximum absolute atomic E-state index is 12.1. The lowest BCUT2D eigenvalue weighted by Gasteiger charge is -2.35. The molecule has 21 heavy (non-hydrogen) atoms. The fraction of sp³-hybridized carbons (Fsp3) is 0.562. The first kappa shape index (κ1) is 15.6. The molecule has 116 valence electrons. The number of benzene rings is 1. The van der Waals surface area contributed by atoms with Gasteiger partial charge >= 0.3 is 6.03 Å². The lowest BCUT2D eigenvalue weighted by Crippen LogP contribution is -2.52. The van der Waals surface area contributed by atoms with Crippen LogP contribution < -0.4 is 10.1 Å². The number of carbonyl (C=O) groups is 1. The summed E-state index contributed by atoms with van der Waals surface area (Å²) in [7, 11) is 0. The molecule has 0 bridgehead atoms. The number of urea groups is 1. The van der Waals surface area contributed by atoms with Crippen molar-refractivity contribution in [2.75, 3.05) is 26.2 Å². The van der Waals surface area contributed by atoms with Crippen LogP contribution in [0.4, 0.5) is 4.79 Å². The van der Waals surface area contributed by atoms with E-state index >= 15 is 0 Å². The third kappa shape index (κ3) is 4.93. The van der Waals surface area contributed by atoms with E-state index in [0.29, 0.717) is 26.2 Å². The van der Waals surface area contributed by atoms with Crippen molar-refractivity contribution in [1.29, 1.82) is 0 Å². The molecule has 1 saturated heterocycles. The van der Waals surface area contributed by atoms with E-state index in [-0.39, 0.29) is 18.2 Å². The largest absolute Gasteiger partial charge is 0.492 e. The second-order valence-electron chi connectivity index (χ2n) is 5.56. The minimum Gasteiger partial charge on any atom is -0.492 e. The van der Waals surface area contributed by atoms with Crippen molar-refractivity contribution in [2.24, 2.45) is 0 Å². The normalized spacial score (nSPS) is 22.0. The fourth-order valence-electron chi connectivity index (χ4n) is 2.49. The van der Waals surface area contributed by atoms with Gasteiger partial charge < -0.3 is 19.7 Å². The Hall–Kier alpha value is -1.75. The van der Waals surface area contributed by atoms with Crippen LogP contribution in [0.3, 0.4) is 0 Å². The molecule has 0 unspecified atom stereocenters. The molecule has 2 amide bonds. The highest BCUT2D eigenvalue weighted by Crippen LogP contribution is 2.12. The number of rotatable bonds is 4. The smallest absolute Gasteiger partial charge is 0.317 e. The van der Waals surface area contributed by atoms with Crippen molar-refractivity contribution in [3.63, 3.8) is 0 Å². The van der Waals surface area contributed by atoms with Gasteiger partial charge in [0.15, 0.2) is 0 Å². The van der Waals surface area contributed by atoms with Crippen LogP contribution in [0.15, 0.2) is 24.3 Å². The lowest BCUT2D eigenvalue weighted by atomic mass is 10.2. The van der Waals surface area contributed by atoms with Gasteiger partial charge in [0.25, 0.3) is 0 Å². The first-order chi connectivity index (χ1) is 10.0. The van der Waals surface area contributed by atoms with Gasteiger partial charge in [-0.2, -0.15) is 0 Å². The molecule has 5 nitrogen and oxygen atoms in total. The first-order valence-electron chi connectivity index (χ1n) is 7.42. The number of hydrogen-bond donors (Lipinski definition) is 1. The average molecular weight is 292 g/mol. The van der Waals surface area contributed by atoms with Crippen molar-refractivity contribution in [3.8, 4) is 5.75 Å². The summed E-state index contributed by atoms with van der Waals surface area (Å²) in [6.07, 6.45) is 0.172. The van der Waals surface area contributed by atoms with Gasteiger partial charge in [0.2, 0.25) is 0 Å². The molecule has 1 N–H and O–H groups in total. The third-order valence-corrected chi connectivity index (χ3v) is 3.34. The molecule has 2 atom stereocenters. The van der Waals surface area contributed by atoms with Gasteiger partial charge in [-0.3, -0.25) is 0 Å². The van der Waals surface area contributed by atoms with Gasteiger partial charge in [-0.05, 0) is 38.5 Å². The molecule has 1 aliphatic heterocycles. The Labute approximate surface area is 126 Å². The Morgan fingerprint density at radius 1 is 1.38 bits per heavy atom. The molecule has 1 aromatic carbocycles. The maximum Gasteiger partial charge on any atom is 0.317 e. The molecular weight excluding hydrogens is 268 g/mol. The van der Waals surface area contributed by atoms with Crippen molar-refractivity contribution in [2.45, 2.75) is 33.0 Å². The summed E-state index contributed by atoms with van der Waals surface area (Å²) >= 11 is 0. The topological polar surface area (TPSA) is 50.8 Å². The van der Waals surface area contributed by atoms with Crippen LogP contribution in [0.1, 0.15) is 19.4 Å². The van der Waals surface area contributed by atoms with E-state index in [1.54, 1.807) is 4.90 Å². The molecule has 1 fully saturated rings. The zero-order valence-corrected chi connectivity index (χ0v) is 13.0. The molecular formula is C16H24N2O3. The number of hydrogen-bond acceptors (Lipinski definition) is 3. The molecule has 0 radical (unpaired) electrons. The quantitative estimate of drug-likeness (QED) is 0.866. The number of ether oxygens (including phenoxy) is 2. The SMILES string of the molecule is Cc1cccc(OCCNC(=O)N2C[C@@H](C)O[C@@H](C)C2)c1. The van der Waals surface area contributed by atoms with E-state index in [0.717, 1.165) is 11.3 Å². The van der Waals surface area contributed by atoms with Crippen LogP contribution >= 0.6 is 0 Å². The highest BCUT2D eigenvalue weighted by molar-refractivity contribution is 5.74. The predicted molar refractivity (Wildman–Crippen MR) is 81.7 cm³/mol. The van der Waals surface area contributed by atoms with Crippen LogP contribution in [-0.2, 0) is 4.74 Å². The summed E-state index contributed by atoms with van der Waals surface area (Å²) in [6.45, 7) is 8.21. The predicted octanol–water partition coefficient (Wildman–Crippen LogP) is 2.19. The molecule has 0 aromatic heterocycles. The summed E-state index contributed by atoms with van der Waals surface area (Å²) in [4.78, 5) is 13.9. The number of morpholine rings is 1. The van der Waals surface area contributed by atoms with Crippen molar-refractivity contribution >= 4 is 6.03 Å². The standard InChI is InChI=1S/C16H24N2O3/c1-12-5-4-6-15(9-12)20-8-7-17-16(19)18-10-13(2)21-14(3)11-18/h4-6,9,13-14H,7-8,10-11H2,1-3H3,(H,17,19)/t13-,14+. The third-order valence-electron chi connectivity index (χ3n) is 3.34. The molecule has 2 rings (SSSR count). The summed E-state index contributed by atoms with van der Waals surface area (Å²) in [6, 6.07) is 7.83. The summed E-state index contributed by atoms with van der Waals surface area (Å²) < 4.78 is 11.2. The highest BCUT2D eigenvalue weighted by atomic mass is 16.5. The summed E-state index contributed by atoms with van der Waals surface area (Å²) in [5, 5.41) is 2.88. The lowest BCUT2D eigenvalue weighted by molar-refractivity contribution is -0.0545. The molecule has 1 aliphatic rings. The number of nitrogens with zero attached hydrogens (tertiary/aromatic N) is 1. The highest BCUT2D eigenvalue weighted by Gasteiger charge is 2.25. The van der Waals surface area contributed by atoms with Crippen molar-refractivity contribution in [3.05, 3.63) is 29.8 Å². The summed E-state index contributed by atoms with van der Waals surface area (Å²) in [5.41, 5.74) is 1.16. The number of aryl methyl sites for hydroxylation is 1. The Balaban J connectivity index is 1.69. The molecule has 0 spiro atoms.